The molecule has 0 radical (unpaired) electrons. The van der Waals surface area contributed by atoms with Gasteiger partial charge >= 0.3 is 0 Å². The summed E-state index contributed by atoms with van der Waals surface area (Å²) in [6.07, 6.45) is 1.03. The van der Waals surface area contributed by atoms with Crippen molar-refractivity contribution in [3.05, 3.63) is 40.0 Å². The van der Waals surface area contributed by atoms with Gasteiger partial charge in [-0.1, -0.05) is 11.6 Å². The first kappa shape index (κ1) is 20.0. The monoisotopic (exact) mass is 430 g/mol. The minimum absolute atomic E-state index is 0.103. The Labute approximate surface area is 179 Å². The number of ether oxygens (including phenoxy) is 1. The van der Waals surface area contributed by atoms with Crippen LogP contribution in [-0.4, -0.2) is 40.1 Å². The summed E-state index contributed by atoms with van der Waals surface area (Å²) >= 11 is 7.93. The van der Waals surface area contributed by atoms with Gasteiger partial charge in [-0.2, -0.15) is 0 Å². The molecular weight excluding hydrogens is 408 g/mol. The Morgan fingerprint density at radius 2 is 2.14 bits per heavy atom. The van der Waals surface area contributed by atoms with Gasteiger partial charge in [0.25, 0.3) is 0 Å². The van der Waals surface area contributed by atoms with Gasteiger partial charge in [-0.25, -0.2) is 9.67 Å². The summed E-state index contributed by atoms with van der Waals surface area (Å²) in [6, 6.07) is 5.74. The zero-order valence-electron chi connectivity index (χ0n) is 17.0. The zero-order chi connectivity index (χ0) is 20.7. The molecule has 0 fully saturated rings. The predicted molar refractivity (Wildman–Crippen MR) is 117 cm³/mol. The Morgan fingerprint density at radius 3 is 2.90 bits per heavy atom. The molecule has 0 N–H and O–H groups in total. The lowest BCUT2D eigenvalue weighted by atomic mass is 10.00. The molecule has 6 nitrogen and oxygen atoms in total. The summed E-state index contributed by atoms with van der Waals surface area (Å²) < 4.78 is 7.16. The standard InChI is InChI=1S/C21H23ClN4O2S/c1-12-15(13(2)23-20-19(12)21(28-4)24-25(20)3)6-8-18(27)26-9-10-29-17-7-5-14(22)11-16(17)26/h5,7,11H,6,8-10H2,1-4H3. The number of hydrogen-bond acceptors (Lipinski definition) is 5. The molecule has 3 heterocycles. The molecule has 1 aliphatic heterocycles. The molecule has 0 aliphatic carbocycles. The van der Waals surface area contributed by atoms with Crippen molar-refractivity contribution in [1.29, 1.82) is 0 Å². The van der Waals surface area contributed by atoms with Crippen LogP contribution in [0.2, 0.25) is 5.02 Å². The molecule has 4 rings (SSSR count). The fourth-order valence-corrected chi connectivity index (χ4v) is 5.07. The predicted octanol–water partition coefficient (Wildman–Crippen LogP) is 4.32. The van der Waals surface area contributed by atoms with Gasteiger partial charge in [-0.3, -0.25) is 4.79 Å². The number of aromatic nitrogens is 3. The minimum Gasteiger partial charge on any atom is -0.479 e. The van der Waals surface area contributed by atoms with E-state index >= 15 is 0 Å². The number of benzene rings is 1. The van der Waals surface area contributed by atoms with Gasteiger partial charge in [0.15, 0.2) is 5.65 Å². The van der Waals surface area contributed by atoms with E-state index in [1.54, 1.807) is 23.6 Å². The third-order valence-corrected chi connectivity index (χ3v) is 6.67. The van der Waals surface area contributed by atoms with Gasteiger partial charge in [0.2, 0.25) is 11.8 Å². The lowest BCUT2D eigenvalue weighted by Gasteiger charge is -2.29. The smallest absolute Gasteiger partial charge is 0.242 e. The molecule has 1 aromatic carbocycles. The Kier molecular flexibility index (Phi) is 5.44. The zero-order valence-corrected chi connectivity index (χ0v) is 18.5. The quantitative estimate of drug-likeness (QED) is 0.617. The third-order valence-electron chi connectivity index (χ3n) is 5.39. The Morgan fingerprint density at radius 1 is 1.34 bits per heavy atom. The maximum Gasteiger partial charge on any atom is 0.242 e. The van der Waals surface area contributed by atoms with Crippen molar-refractivity contribution in [2.24, 2.45) is 7.05 Å². The number of methoxy groups -OCH3 is 1. The third kappa shape index (κ3) is 3.57. The lowest BCUT2D eigenvalue weighted by Crippen LogP contribution is -2.35. The first-order valence-corrected chi connectivity index (χ1v) is 10.9. The molecule has 29 heavy (non-hydrogen) atoms. The van der Waals surface area contributed by atoms with Crippen molar-refractivity contribution in [3.63, 3.8) is 0 Å². The summed E-state index contributed by atoms with van der Waals surface area (Å²) in [6.45, 7) is 4.73. The number of aryl methyl sites for hydroxylation is 3. The van der Waals surface area contributed by atoms with Crippen molar-refractivity contribution in [2.75, 3.05) is 24.3 Å². The van der Waals surface area contributed by atoms with Crippen LogP contribution in [0.1, 0.15) is 23.2 Å². The number of amides is 1. The van der Waals surface area contributed by atoms with Gasteiger partial charge in [-0.05, 0) is 49.6 Å². The van der Waals surface area contributed by atoms with Crippen molar-refractivity contribution >= 4 is 46.0 Å². The second-order valence-electron chi connectivity index (χ2n) is 7.14. The van der Waals surface area contributed by atoms with E-state index in [2.05, 4.69) is 5.10 Å². The summed E-state index contributed by atoms with van der Waals surface area (Å²) in [7, 11) is 3.47. The van der Waals surface area contributed by atoms with Crippen LogP contribution in [0.5, 0.6) is 5.88 Å². The normalized spacial score (nSPS) is 13.6. The van der Waals surface area contributed by atoms with Gasteiger partial charge in [0.1, 0.15) is 0 Å². The van der Waals surface area contributed by atoms with E-state index in [4.69, 9.17) is 21.3 Å². The molecule has 8 heteroatoms. The van der Waals surface area contributed by atoms with Crippen LogP contribution >= 0.6 is 23.4 Å². The molecule has 0 atom stereocenters. The highest BCUT2D eigenvalue weighted by atomic mass is 35.5. The van der Waals surface area contributed by atoms with Crippen molar-refractivity contribution < 1.29 is 9.53 Å². The van der Waals surface area contributed by atoms with Gasteiger partial charge < -0.3 is 9.64 Å². The van der Waals surface area contributed by atoms with E-state index < -0.39 is 0 Å². The molecule has 2 aromatic heterocycles. The van der Waals surface area contributed by atoms with Crippen LogP contribution < -0.4 is 9.64 Å². The Balaban J connectivity index is 1.61. The van der Waals surface area contributed by atoms with E-state index in [0.29, 0.717) is 30.3 Å². The van der Waals surface area contributed by atoms with Crippen molar-refractivity contribution in [2.45, 2.75) is 31.6 Å². The molecular formula is C21H23ClN4O2S. The number of thioether (sulfide) groups is 1. The van der Waals surface area contributed by atoms with Gasteiger partial charge in [0, 0.05) is 41.4 Å². The second kappa shape index (κ2) is 7.88. The van der Waals surface area contributed by atoms with E-state index in [9.17, 15) is 4.79 Å². The number of anilines is 1. The molecule has 3 aromatic rings. The van der Waals surface area contributed by atoms with E-state index in [-0.39, 0.29) is 5.91 Å². The fraction of sp³-hybridized carbons (Fsp3) is 0.381. The number of carbonyl (C=O) groups is 1. The molecule has 0 bridgehead atoms. The average Bonchev–Trinajstić information content (AvgIpc) is 3.02. The van der Waals surface area contributed by atoms with Crippen LogP contribution in [0.25, 0.3) is 11.0 Å². The topological polar surface area (TPSA) is 60.2 Å². The number of hydrogen-bond donors (Lipinski definition) is 0. The van der Waals surface area contributed by atoms with Crippen molar-refractivity contribution in [1.82, 2.24) is 14.8 Å². The summed E-state index contributed by atoms with van der Waals surface area (Å²) in [5, 5.41) is 5.95. The number of pyridine rings is 1. The number of rotatable bonds is 4. The van der Waals surface area contributed by atoms with Gasteiger partial charge in [-0.15, -0.1) is 16.9 Å². The second-order valence-corrected chi connectivity index (χ2v) is 8.71. The number of halogens is 1. The highest BCUT2D eigenvalue weighted by molar-refractivity contribution is 7.99. The van der Waals surface area contributed by atoms with E-state index in [1.807, 2.05) is 44.0 Å². The SMILES string of the molecule is COc1nn(C)c2nc(C)c(CCC(=O)N3CCSc4ccc(Cl)cc43)c(C)c12. The Bertz CT molecular complexity index is 1110. The Hall–Kier alpha value is -2.25. The highest BCUT2D eigenvalue weighted by Crippen LogP contribution is 2.37. The minimum atomic E-state index is 0.103. The van der Waals surface area contributed by atoms with E-state index in [0.717, 1.165) is 44.2 Å². The maximum atomic E-state index is 13.1. The van der Waals surface area contributed by atoms with E-state index in [1.165, 1.54) is 0 Å². The largest absolute Gasteiger partial charge is 0.479 e. The molecule has 1 amide bonds. The molecule has 0 spiro atoms. The number of fused-ring (bicyclic) bond motifs is 2. The summed E-state index contributed by atoms with van der Waals surface area (Å²) in [5.74, 6) is 1.56. The van der Waals surface area contributed by atoms with Gasteiger partial charge in [0.05, 0.1) is 18.2 Å². The van der Waals surface area contributed by atoms with Crippen LogP contribution in [0.15, 0.2) is 23.1 Å². The van der Waals surface area contributed by atoms with Crippen LogP contribution in [0.3, 0.4) is 0 Å². The van der Waals surface area contributed by atoms with Crippen LogP contribution in [0, 0.1) is 13.8 Å². The number of nitrogens with zero attached hydrogens (tertiary/aromatic N) is 4. The molecule has 0 unspecified atom stereocenters. The van der Waals surface area contributed by atoms with Crippen LogP contribution in [-0.2, 0) is 18.3 Å². The molecule has 0 saturated carbocycles. The molecule has 152 valence electrons. The molecule has 1 aliphatic rings. The summed E-state index contributed by atoms with van der Waals surface area (Å²) in [5.41, 5.74) is 4.78. The van der Waals surface area contributed by atoms with Crippen molar-refractivity contribution in [3.8, 4) is 5.88 Å². The number of carbonyl (C=O) groups excluding carboxylic acids is 1. The maximum absolute atomic E-state index is 13.1. The first-order chi connectivity index (χ1) is 13.9. The van der Waals surface area contributed by atoms with Crippen LogP contribution in [0.4, 0.5) is 5.69 Å². The molecule has 0 saturated heterocycles. The highest BCUT2D eigenvalue weighted by Gasteiger charge is 2.24. The lowest BCUT2D eigenvalue weighted by molar-refractivity contribution is -0.118. The fourth-order valence-electron chi connectivity index (χ4n) is 3.92. The summed E-state index contributed by atoms with van der Waals surface area (Å²) in [4.78, 5) is 20.7. The average molecular weight is 431 g/mol. The first-order valence-electron chi connectivity index (χ1n) is 9.50.